The molecule has 0 fully saturated rings. The number of ether oxygens (including phenoxy) is 1. The Kier molecular flexibility index (Phi) is 9.33. The summed E-state index contributed by atoms with van der Waals surface area (Å²) in [4.78, 5) is 55.3. The molecule has 0 radical (unpaired) electrons. The second-order valence-electron chi connectivity index (χ2n) is 10.0. The molecular formula is C26H37N7O6. The lowest BCUT2D eigenvalue weighted by atomic mass is 9.91. The van der Waals surface area contributed by atoms with Crippen LogP contribution in [-0.2, 0) is 34.2 Å². The Morgan fingerprint density at radius 3 is 2.74 bits per heavy atom. The van der Waals surface area contributed by atoms with E-state index < -0.39 is 0 Å². The van der Waals surface area contributed by atoms with Crippen molar-refractivity contribution in [2.45, 2.75) is 51.5 Å². The van der Waals surface area contributed by atoms with Gasteiger partial charge < -0.3 is 29.7 Å². The van der Waals surface area contributed by atoms with E-state index in [2.05, 4.69) is 20.9 Å². The standard InChI is InChI=1S/C26H37N7O6/c1-17-14-20(30-39-17)26(37)32-10-4-6-23(35)33(12-13-38-3)16-22(34)28-18-7-8-21-19(15-18)24(29-31(21)2)25(36)27-9-5-11-32/h14,18H,4-13,15-16H2,1-3H3,(H,27,36)(H,28,34). The van der Waals surface area contributed by atoms with E-state index >= 15 is 0 Å². The Hall–Kier alpha value is -3.74. The third kappa shape index (κ3) is 7.02. The lowest BCUT2D eigenvalue weighted by molar-refractivity contribution is -0.137. The first-order valence-electron chi connectivity index (χ1n) is 13.4. The van der Waals surface area contributed by atoms with Crippen molar-refractivity contribution in [2.24, 2.45) is 7.05 Å². The van der Waals surface area contributed by atoms with Crippen molar-refractivity contribution in [3.8, 4) is 0 Å². The zero-order valence-electron chi connectivity index (χ0n) is 22.8. The molecular weight excluding hydrogens is 506 g/mol. The van der Waals surface area contributed by atoms with Crippen molar-refractivity contribution in [3.05, 3.63) is 34.5 Å². The molecule has 212 valence electrons. The van der Waals surface area contributed by atoms with Crippen LogP contribution in [0.15, 0.2) is 10.6 Å². The molecule has 3 heterocycles. The number of hydrogen-bond acceptors (Lipinski definition) is 8. The monoisotopic (exact) mass is 543 g/mol. The first-order chi connectivity index (χ1) is 18.8. The van der Waals surface area contributed by atoms with E-state index in [-0.39, 0.29) is 54.9 Å². The molecule has 4 rings (SSSR count). The van der Waals surface area contributed by atoms with Gasteiger partial charge in [0.15, 0.2) is 11.4 Å². The van der Waals surface area contributed by atoms with Crippen molar-refractivity contribution in [2.75, 3.05) is 46.4 Å². The van der Waals surface area contributed by atoms with Gasteiger partial charge in [-0.3, -0.25) is 23.9 Å². The average molecular weight is 544 g/mol. The van der Waals surface area contributed by atoms with Gasteiger partial charge in [-0.15, -0.1) is 0 Å². The smallest absolute Gasteiger partial charge is 0.276 e. The number of nitrogens with one attached hydrogen (secondary N) is 2. The van der Waals surface area contributed by atoms with Gasteiger partial charge in [0, 0.05) is 70.1 Å². The highest BCUT2D eigenvalue weighted by Gasteiger charge is 2.30. The fraction of sp³-hybridized carbons (Fsp3) is 0.615. The molecule has 2 aromatic rings. The molecule has 0 aromatic carbocycles. The number of nitrogens with zero attached hydrogens (tertiary/aromatic N) is 5. The molecule has 2 bridgehead atoms. The maximum absolute atomic E-state index is 13.1. The molecule has 0 saturated carbocycles. The van der Waals surface area contributed by atoms with Crippen LogP contribution in [0.4, 0.5) is 0 Å². The molecule has 39 heavy (non-hydrogen) atoms. The van der Waals surface area contributed by atoms with Crippen LogP contribution in [0.5, 0.6) is 0 Å². The Balaban J connectivity index is 1.54. The van der Waals surface area contributed by atoms with Crippen LogP contribution in [0.3, 0.4) is 0 Å². The van der Waals surface area contributed by atoms with Gasteiger partial charge >= 0.3 is 0 Å². The summed E-state index contributed by atoms with van der Waals surface area (Å²) >= 11 is 0. The number of rotatable bonds is 4. The van der Waals surface area contributed by atoms with E-state index in [1.54, 1.807) is 29.7 Å². The van der Waals surface area contributed by atoms with Crippen molar-refractivity contribution >= 4 is 23.6 Å². The molecule has 13 heteroatoms. The van der Waals surface area contributed by atoms with Crippen LogP contribution in [-0.4, -0.2) is 101 Å². The predicted molar refractivity (Wildman–Crippen MR) is 139 cm³/mol. The van der Waals surface area contributed by atoms with E-state index in [1.807, 2.05) is 7.05 Å². The van der Waals surface area contributed by atoms with Crippen molar-refractivity contribution < 1.29 is 28.4 Å². The van der Waals surface area contributed by atoms with Crippen LogP contribution >= 0.6 is 0 Å². The topological polar surface area (TPSA) is 152 Å². The van der Waals surface area contributed by atoms with Crippen molar-refractivity contribution in [1.29, 1.82) is 0 Å². The molecule has 4 amide bonds. The van der Waals surface area contributed by atoms with Gasteiger partial charge in [-0.2, -0.15) is 5.10 Å². The maximum Gasteiger partial charge on any atom is 0.276 e. The summed E-state index contributed by atoms with van der Waals surface area (Å²) in [6.07, 6.45) is 2.98. The largest absolute Gasteiger partial charge is 0.383 e. The quantitative estimate of drug-likeness (QED) is 0.556. The highest BCUT2D eigenvalue weighted by Crippen LogP contribution is 2.24. The van der Waals surface area contributed by atoms with E-state index in [4.69, 9.17) is 9.26 Å². The number of carbonyl (C=O) groups excluding carboxylic acids is 4. The third-order valence-corrected chi connectivity index (χ3v) is 7.13. The minimum Gasteiger partial charge on any atom is -0.383 e. The zero-order valence-corrected chi connectivity index (χ0v) is 22.8. The number of aryl methyl sites for hydroxylation is 2. The van der Waals surface area contributed by atoms with E-state index in [0.29, 0.717) is 63.4 Å². The molecule has 2 aromatic heterocycles. The Bertz CT molecular complexity index is 1210. The summed E-state index contributed by atoms with van der Waals surface area (Å²) in [5.41, 5.74) is 2.36. The summed E-state index contributed by atoms with van der Waals surface area (Å²) < 4.78 is 12.0. The lowest BCUT2D eigenvalue weighted by Crippen LogP contribution is -2.47. The molecule has 2 N–H and O–H groups in total. The molecule has 0 spiro atoms. The first-order valence-corrected chi connectivity index (χ1v) is 13.4. The van der Waals surface area contributed by atoms with Gasteiger partial charge in [0.1, 0.15) is 5.76 Å². The van der Waals surface area contributed by atoms with E-state index in [0.717, 1.165) is 17.7 Å². The molecule has 13 nitrogen and oxygen atoms in total. The minimum atomic E-state index is -0.305. The molecule has 1 atom stereocenters. The highest BCUT2D eigenvalue weighted by atomic mass is 16.5. The van der Waals surface area contributed by atoms with Crippen molar-refractivity contribution in [1.82, 2.24) is 35.4 Å². The maximum atomic E-state index is 13.1. The SMILES string of the molecule is COCCN1CC(=O)NC2CCc3c(c(nn3C)C(=O)NCCCN(C(=O)c3cc(C)on3)CCCC1=O)C2. The second kappa shape index (κ2) is 12.9. The Morgan fingerprint density at radius 2 is 2.00 bits per heavy atom. The van der Waals surface area contributed by atoms with Crippen molar-refractivity contribution in [3.63, 3.8) is 0 Å². The van der Waals surface area contributed by atoms with Crippen LogP contribution in [0.25, 0.3) is 0 Å². The average Bonchev–Trinajstić information content (AvgIpc) is 3.49. The summed E-state index contributed by atoms with van der Waals surface area (Å²) in [6, 6.07) is 1.42. The molecule has 0 saturated heterocycles. The van der Waals surface area contributed by atoms with Gasteiger partial charge in [-0.1, -0.05) is 5.16 Å². The fourth-order valence-electron chi connectivity index (χ4n) is 5.11. The number of fused-ring (bicyclic) bond motifs is 1. The molecule has 1 unspecified atom stereocenters. The Morgan fingerprint density at radius 1 is 1.21 bits per heavy atom. The lowest BCUT2D eigenvalue weighted by Gasteiger charge is -2.27. The fourth-order valence-corrected chi connectivity index (χ4v) is 5.11. The predicted octanol–water partition coefficient (Wildman–Crippen LogP) is 0.221. The number of methoxy groups -OCH3 is 1. The van der Waals surface area contributed by atoms with Crippen LogP contribution in [0.1, 0.15) is 63.7 Å². The minimum absolute atomic E-state index is 0.0905. The summed E-state index contributed by atoms with van der Waals surface area (Å²) in [6.45, 7) is 3.21. The van der Waals surface area contributed by atoms with E-state index in [1.165, 1.54) is 4.90 Å². The van der Waals surface area contributed by atoms with Gasteiger partial charge in [-0.25, -0.2) is 0 Å². The van der Waals surface area contributed by atoms with Crippen LogP contribution in [0, 0.1) is 6.92 Å². The molecule has 1 aliphatic carbocycles. The zero-order chi connectivity index (χ0) is 27.9. The number of hydrogen-bond donors (Lipinski definition) is 2. The summed E-state index contributed by atoms with van der Waals surface area (Å²) in [7, 11) is 3.36. The van der Waals surface area contributed by atoms with Crippen LogP contribution in [0.2, 0.25) is 0 Å². The summed E-state index contributed by atoms with van der Waals surface area (Å²) in [5, 5.41) is 14.3. The third-order valence-electron chi connectivity index (χ3n) is 7.13. The number of aromatic nitrogens is 3. The number of amides is 4. The van der Waals surface area contributed by atoms with Gasteiger partial charge in [0.25, 0.3) is 11.8 Å². The van der Waals surface area contributed by atoms with Crippen LogP contribution < -0.4 is 10.6 Å². The van der Waals surface area contributed by atoms with Gasteiger partial charge in [-0.05, 0) is 39.0 Å². The second-order valence-corrected chi connectivity index (χ2v) is 10.0. The Labute approximate surface area is 227 Å². The first kappa shape index (κ1) is 28.3. The molecule has 2 aliphatic rings. The van der Waals surface area contributed by atoms with Gasteiger partial charge in [0.2, 0.25) is 11.8 Å². The van der Waals surface area contributed by atoms with E-state index in [9.17, 15) is 19.2 Å². The van der Waals surface area contributed by atoms with Gasteiger partial charge in [0.05, 0.1) is 13.2 Å². The normalized spacial score (nSPS) is 19.8. The highest BCUT2D eigenvalue weighted by molar-refractivity contribution is 5.94. The molecule has 1 aliphatic heterocycles. The number of carbonyl (C=O) groups is 4. The summed E-state index contributed by atoms with van der Waals surface area (Å²) in [5.74, 6) is -0.500.